The Morgan fingerprint density at radius 3 is 2.54 bits per heavy atom. The minimum atomic E-state index is -0.796. The van der Waals surface area contributed by atoms with Gasteiger partial charge in [0.25, 0.3) is 5.91 Å². The maximum atomic E-state index is 12.1. The van der Waals surface area contributed by atoms with Crippen LogP contribution in [-0.4, -0.2) is 67.7 Å². The van der Waals surface area contributed by atoms with Crippen molar-refractivity contribution in [2.24, 2.45) is 10.9 Å². The second-order valence-corrected chi connectivity index (χ2v) is 7.62. The molecule has 0 radical (unpaired) electrons. The molecule has 8 heteroatoms. The number of aliphatic imine (C=N–C) groups is 1. The molecule has 0 aromatic carbocycles. The van der Waals surface area contributed by atoms with Gasteiger partial charge < -0.3 is 20.3 Å². The molecule has 2 saturated heterocycles. The topological polar surface area (TPSA) is 95.1 Å². The van der Waals surface area contributed by atoms with Crippen LogP contribution in [0.1, 0.15) is 45.4 Å². The number of amides is 3. The first-order chi connectivity index (χ1) is 12.5. The second-order valence-electron chi connectivity index (χ2n) is 7.62. The van der Waals surface area contributed by atoms with Crippen LogP contribution in [0.15, 0.2) is 4.99 Å². The Morgan fingerprint density at radius 2 is 1.96 bits per heavy atom. The number of hydrogen-bond acceptors (Lipinski definition) is 4. The number of piperidine rings is 1. The lowest BCUT2D eigenvalue weighted by Gasteiger charge is -2.39. The van der Waals surface area contributed by atoms with Gasteiger partial charge in [0.15, 0.2) is 5.96 Å². The normalized spacial score (nSPS) is 28.4. The minimum Gasteiger partial charge on any atom is -0.376 e. The van der Waals surface area contributed by atoms with E-state index in [0.29, 0.717) is 12.7 Å². The van der Waals surface area contributed by atoms with Crippen molar-refractivity contribution in [3.8, 4) is 0 Å². The first kappa shape index (κ1) is 18.9. The maximum absolute atomic E-state index is 12.1. The minimum absolute atomic E-state index is 0.133. The Labute approximate surface area is 155 Å². The number of rotatable bonds is 5. The number of nitrogens with one attached hydrogen (secondary N) is 3. The fraction of sp³-hybridized carbons (Fsp3) is 0.833. The summed E-state index contributed by atoms with van der Waals surface area (Å²) in [6.07, 6.45) is 7.05. The van der Waals surface area contributed by atoms with E-state index in [0.717, 1.165) is 38.4 Å². The lowest BCUT2D eigenvalue weighted by Crippen LogP contribution is -2.55. The van der Waals surface area contributed by atoms with Gasteiger partial charge in [0.05, 0.1) is 12.7 Å². The summed E-state index contributed by atoms with van der Waals surface area (Å²) in [6.45, 7) is 4.89. The third-order valence-electron chi connectivity index (χ3n) is 5.94. The highest BCUT2D eigenvalue weighted by molar-refractivity contribution is 6.07. The summed E-state index contributed by atoms with van der Waals surface area (Å²) in [5.41, 5.74) is -0.796. The van der Waals surface area contributed by atoms with Crippen molar-refractivity contribution in [1.29, 1.82) is 0 Å². The largest absolute Gasteiger partial charge is 0.376 e. The number of imide groups is 1. The zero-order valence-electron chi connectivity index (χ0n) is 15.8. The predicted octanol–water partition coefficient (Wildman–Crippen LogP) is 0.831. The van der Waals surface area contributed by atoms with Crippen LogP contribution >= 0.6 is 0 Å². The average Bonchev–Trinajstić information content (AvgIpc) is 3.23. The molecule has 3 N–H and O–H groups in total. The van der Waals surface area contributed by atoms with Crippen LogP contribution < -0.4 is 16.0 Å². The van der Waals surface area contributed by atoms with Crippen molar-refractivity contribution >= 4 is 17.9 Å². The molecule has 2 heterocycles. The fourth-order valence-electron chi connectivity index (χ4n) is 4.29. The summed E-state index contributed by atoms with van der Waals surface area (Å²) in [7, 11) is 1.79. The van der Waals surface area contributed by atoms with Crippen molar-refractivity contribution in [3.63, 3.8) is 0 Å². The number of hydrogen-bond donors (Lipinski definition) is 3. The van der Waals surface area contributed by atoms with E-state index in [1.54, 1.807) is 7.05 Å². The Balaban J connectivity index is 1.42. The number of nitrogens with zero attached hydrogens (tertiary/aromatic N) is 2. The Hall–Kier alpha value is -1.83. The number of carbonyl (C=O) groups is 2. The van der Waals surface area contributed by atoms with Gasteiger partial charge in [-0.2, -0.15) is 0 Å². The standard InChI is InChI=1S/C18H31N5O3/c1-18(15(24)21-17(25)22-18)13-7-10-23(11-8-13)16(19-2)20-9-12-26-14-5-3-4-6-14/h13-14H,3-12H2,1-2H3,(H,19,20)(H2,21,22,24,25). The number of carbonyl (C=O) groups excluding carboxylic acids is 2. The quantitative estimate of drug-likeness (QED) is 0.290. The molecule has 3 fully saturated rings. The Bertz CT molecular complexity index is 553. The summed E-state index contributed by atoms with van der Waals surface area (Å²) < 4.78 is 5.88. The van der Waals surface area contributed by atoms with Crippen molar-refractivity contribution < 1.29 is 14.3 Å². The SMILES string of the molecule is CN=C(NCCOC1CCCC1)N1CCC(C2(C)NC(=O)NC2=O)CC1. The Morgan fingerprint density at radius 1 is 1.27 bits per heavy atom. The molecule has 3 aliphatic rings. The van der Waals surface area contributed by atoms with E-state index in [1.807, 2.05) is 6.92 Å². The van der Waals surface area contributed by atoms with Crippen LogP contribution in [0.5, 0.6) is 0 Å². The summed E-state index contributed by atoms with van der Waals surface area (Å²) in [5.74, 6) is 0.796. The molecular weight excluding hydrogens is 334 g/mol. The average molecular weight is 365 g/mol. The summed E-state index contributed by atoms with van der Waals surface area (Å²) in [6, 6.07) is -0.389. The van der Waals surface area contributed by atoms with E-state index in [9.17, 15) is 9.59 Å². The Kier molecular flexibility index (Phi) is 6.01. The van der Waals surface area contributed by atoms with Crippen LogP contribution in [0, 0.1) is 5.92 Å². The van der Waals surface area contributed by atoms with E-state index >= 15 is 0 Å². The van der Waals surface area contributed by atoms with Gasteiger partial charge in [-0.25, -0.2) is 4.79 Å². The van der Waals surface area contributed by atoms with E-state index < -0.39 is 5.54 Å². The van der Waals surface area contributed by atoms with Gasteiger partial charge in [0.2, 0.25) is 0 Å². The monoisotopic (exact) mass is 365 g/mol. The van der Waals surface area contributed by atoms with E-state index in [-0.39, 0.29) is 17.9 Å². The van der Waals surface area contributed by atoms with Crippen molar-refractivity contribution in [3.05, 3.63) is 0 Å². The highest BCUT2D eigenvalue weighted by Gasteiger charge is 2.48. The molecule has 0 aromatic rings. The molecule has 0 aromatic heterocycles. The molecule has 26 heavy (non-hydrogen) atoms. The lowest BCUT2D eigenvalue weighted by molar-refractivity contribution is -0.125. The first-order valence-electron chi connectivity index (χ1n) is 9.73. The highest BCUT2D eigenvalue weighted by atomic mass is 16.5. The second kappa shape index (κ2) is 8.24. The van der Waals surface area contributed by atoms with Gasteiger partial charge in [0.1, 0.15) is 5.54 Å². The van der Waals surface area contributed by atoms with Crippen LogP contribution in [0.3, 0.4) is 0 Å². The van der Waals surface area contributed by atoms with E-state index in [4.69, 9.17) is 4.74 Å². The molecule has 3 amide bonds. The van der Waals surface area contributed by atoms with Crippen LogP contribution in [0.25, 0.3) is 0 Å². The molecule has 146 valence electrons. The number of ether oxygens (including phenoxy) is 1. The van der Waals surface area contributed by atoms with Gasteiger partial charge in [-0.3, -0.25) is 15.1 Å². The van der Waals surface area contributed by atoms with E-state index in [2.05, 4.69) is 25.8 Å². The number of likely N-dealkylation sites (tertiary alicyclic amines) is 1. The molecular formula is C18H31N5O3. The van der Waals surface area contributed by atoms with Gasteiger partial charge in [0, 0.05) is 26.7 Å². The maximum Gasteiger partial charge on any atom is 0.322 e. The predicted molar refractivity (Wildman–Crippen MR) is 98.9 cm³/mol. The van der Waals surface area contributed by atoms with Crippen LogP contribution in [-0.2, 0) is 9.53 Å². The summed E-state index contributed by atoms with van der Waals surface area (Å²) >= 11 is 0. The van der Waals surface area contributed by atoms with Gasteiger partial charge >= 0.3 is 6.03 Å². The van der Waals surface area contributed by atoms with Gasteiger partial charge in [-0.15, -0.1) is 0 Å². The first-order valence-corrected chi connectivity index (χ1v) is 9.73. The zero-order valence-corrected chi connectivity index (χ0v) is 15.8. The van der Waals surface area contributed by atoms with Gasteiger partial charge in [-0.05, 0) is 38.5 Å². The summed E-state index contributed by atoms with van der Waals surface area (Å²) in [4.78, 5) is 30.2. The third-order valence-corrected chi connectivity index (χ3v) is 5.94. The smallest absolute Gasteiger partial charge is 0.322 e. The zero-order chi connectivity index (χ0) is 18.6. The molecule has 1 atom stereocenters. The van der Waals surface area contributed by atoms with Crippen molar-refractivity contribution in [2.75, 3.05) is 33.3 Å². The molecule has 1 aliphatic carbocycles. The fourth-order valence-corrected chi connectivity index (χ4v) is 4.29. The molecule has 0 bridgehead atoms. The highest BCUT2D eigenvalue weighted by Crippen LogP contribution is 2.30. The number of urea groups is 1. The van der Waals surface area contributed by atoms with Crippen LogP contribution in [0.2, 0.25) is 0 Å². The van der Waals surface area contributed by atoms with Gasteiger partial charge in [-0.1, -0.05) is 12.8 Å². The number of guanidine groups is 1. The molecule has 2 aliphatic heterocycles. The van der Waals surface area contributed by atoms with Crippen molar-refractivity contribution in [1.82, 2.24) is 20.9 Å². The summed E-state index contributed by atoms with van der Waals surface area (Å²) in [5, 5.41) is 8.53. The molecule has 8 nitrogen and oxygen atoms in total. The molecule has 1 unspecified atom stereocenters. The van der Waals surface area contributed by atoms with Crippen LogP contribution in [0.4, 0.5) is 4.79 Å². The molecule has 3 rings (SSSR count). The lowest BCUT2D eigenvalue weighted by atomic mass is 9.79. The molecule has 1 saturated carbocycles. The van der Waals surface area contributed by atoms with Crippen molar-refractivity contribution in [2.45, 2.75) is 57.1 Å². The third kappa shape index (κ3) is 4.11. The van der Waals surface area contributed by atoms with E-state index in [1.165, 1.54) is 25.7 Å². The molecule has 0 spiro atoms.